The van der Waals surface area contributed by atoms with E-state index in [1.54, 1.807) is 18.2 Å². The van der Waals surface area contributed by atoms with Crippen LogP contribution in [-0.4, -0.2) is 27.7 Å². The van der Waals surface area contributed by atoms with E-state index in [2.05, 4.69) is 4.72 Å². The van der Waals surface area contributed by atoms with Gasteiger partial charge in [-0.3, -0.25) is 0 Å². The molecule has 0 unspecified atom stereocenters. The molecule has 1 N–H and O–H groups in total. The van der Waals surface area contributed by atoms with Crippen molar-refractivity contribution in [2.45, 2.75) is 32.1 Å². The van der Waals surface area contributed by atoms with Gasteiger partial charge in [-0.25, -0.2) is 13.1 Å². The number of hydrogen-bond donors (Lipinski definition) is 1. The standard InChI is InChI=1S/C13H19Cl2NO3S/c1-10(2)19-8-4-7-16-20(17,18)9-11-12(14)5-3-6-13(11)15/h3,5-6,10,16H,4,7-9H2,1-2H3. The zero-order chi connectivity index (χ0) is 15.2. The maximum atomic E-state index is 11.9. The molecule has 0 aliphatic rings. The molecule has 0 saturated carbocycles. The van der Waals surface area contributed by atoms with Gasteiger partial charge in [0.15, 0.2) is 0 Å². The lowest BCUT2D eigenvalue weighted by atomic mass is 10.2. The minimum Gasteiger partial charge on any atom is -0.379 e. The summed E-state index contributed by atoms with van der Waals surface area (Å²) in [6, 6.07) is 4.92. The SMILES string of the molecule is CC(C)OCCCNS(=O)(=O)Cc1c(Cl)cccc1Cl. The monoisotopic (exact) mass is 339 g/mol. The van der Waals surface area contributed by atoms with Crippen LogP contribution in [0.4, 0.5) is 0 Å². The van der Waals surface area contributed by atoms with Gasteiger partial charge in [-0.1, -0.05) is 29.3 Å². The third-order valence-corrected chi connectivity index (χ3v) is 4.51. The fourth-order valence-corrected chi connectivity index (χ4v) is 3.47. The summed E-state index contributed by atoms with van der Waals surface area (Å²) in [4.78, 5) is 0. The molecule has 0 heterocycles. The van der Waals surface area contributed by atoms with Crippen LogP contribution in [-0.2, 0) is 20.5 Å². The highest BCUT2D eigenvalue weighted by Crippen LogP contribution is 2.25. The summed E-state index contributed by atoms with van der Waals surface area (Å²) in [5.41, 5.74) is 0.418. The lowest BCUT2D eigenvalue weighted by molar-refractivity contribution is 0.0778. The van der Waals surface area contributed by atoms with E-state index in [-0.39, 0.29) is 11.9 Å². The maximum absolute atomic E-state index is 11.9. The summed E-state index contributed by atoms with van der Waals surface area (Å²) in [6.07, 6.45) is 0.766. The third-order valence-electron chi connectivity index (χ3n) is 2.49. The Morgan fingerprint density at radius 2 is 1.85 bits per heavy atom. The van der Waals surface area contributed by atoms with Crippen molar-refractivity contribution in [3.8, 4) is 0 Å². The Morgan fingerprint density at radius 1 is 1.25 bits per heavy atom. The second-order valence-corrected chi connectivity index (χ2v) is 7.25. The number of rotatable bonds is 8. The summed E-state index contributed by atoms with van der Waals surface area (Å²) in [5, 5.41) is 0.706. The van der Waals surface area contributed by atoms with E-state index in [1.807, 2.05) is 13.8 Å². The highest BCUT2D eigenvalue weighted by Gasteiger charge is 2.15. The minimum absolute atomic E-state index is 0.147. The molecule has 0 bridgehead atoms. The molecular formula is C13H19Cl2NO3S. The first-order valence-corrected chi connectivity index (χ1v) is 8.74. The molecule has 0 aliphatic carbocycles. The van der Waals surface area contributed by atoms with Gasteiger partial charge in [-0.15, -0.1) is 0 Å². The highest BCUT2D eigenvalue weighted by molar-refractivity contribution is 7.88. The molecule has 0 spiro atoms. The Labute approximate surface area is 130 Å². The van der Waals surface area contributed by atoms with Crippen LogP contribution in [0.1, 0.15) is 25.8 Å². The van der Waals surface area contributed by atoms with Crippen LogP contribution in [0.3, 0.4) is 0 Å². The number of nitrogens with one attached hydrogen (secondary N) is 1. The molecule has 114 valence electrons. The Balaban J connectivity index is 2.50. The van der Waals surface area contributed by atoms with E-state index in [1.165, 1.54) is 0 Å². The lowest BCUT2D eigenvalue weighted by Gasteiger charge is -2.10. The van der Waals surface area contributed by atoms with Crippen molar-refractivity contribution >= 4 is 33.2 Å². The molecule has 1 rings (SSSR count). The normalized spacial score (nSPS) is 12.1. The molecule has 0 atom stereocenters. The highest BCUT2D eigenvalue weighted by atomic mass is 35.5. The summed E-state index contributed by atoms with van der Waals surface area (Å²) < 4.78 is 31.7. The van der Waals surface area contributed by atoms with Gasteiger partial charge < -0.3 is 4.74 Å². The quantitative estimate of drug-likeness (QED) is 0.739. The van der Waals surface area contributed by atoms with Gasteiger partial charge in [0.1, 0.15) is 0 Å². The Hall–Kier alpha value is -0.330. The molecule has 1 aromatic rings. The van der Waals surface area contributed by atoms with Crippen LogP contribution in [0.5, 0.6) is 0 Å². The Kier molecular flexibility index (Phi) is 7.26. The molecule has 0 amide bonds. The predicted molar refractivity (Wildman–Crippen MR) is 82.8 cm³/mol. The van der Waals surface area contributed by atoms with E-state index in [0.717, 1.165) is 0 Å². The second-order valence-electron chi connectivity index (χ2n) is 4.63. The molecule has 1 aromatic carbocycles. The molecule has 0 aromatic heterocycles. The van der Waals surface area contributed by atoms with Gasteiger partial charge in [0.05, 0.1) is 11.9 Å². The smallest absolute Gasteiger partial charge is 0.215 e. The van der Waals surface area contributed by atoms with Crippen LogP contribution in [0.2, 0.25) is 10.0 Å². The number of sulfonamides is 1. The summed E-state index contributed by atoms with van der Waals surface area (Å²) in [6.45, 7) is 4.72. The zero-order valence-electron chi connectivity index (χ0n) is 11.5. The van der Waals surface area contributed by atoms with Crippen molar-refractivity contribution in [3.63, 3.8) is 0 Å². The van der Waals surface area contributed by atoms with Crippen molar-refractivity contribution < 1.29 is 13.2 Å². The van der Waals surface area contributed by atoms with Gasteiger partial charge in [-0.2, -0.15) is 0 Å². The molecule has 4 nitrogen and oxygen atoms in total. The Bertz CT molecular complexity index is 512. The number of benzene rings is 1. The van der Waals surface area contributed by atoms with E-state index in [0.29, 0.717) is 35.2 Å². The molecule has 0 saturated heterocycles. The van der Waals surface area contributed by atoms with Crippen LogP contribution < -0.4 is 4.72 Å². The minimum atomic E-state index is -3.45. The first-order chi connectivity index (χ1) is 9.32. The maximum Gasteiger partial charge on any atom is 0.215 e. The van der Waals surface area contributed by atoms with Crippen LogP contribution >= 0.6 is 23.2 Å². The van der Waals surface area contributed by atoms with E-state index in [9.17, 15) is 8.42 Å². The molecule has 20 heavy (non-hydrogen) atoms. The van der Waals surface area contributed by atoms with Crippen LogP contribution in [0, 0.1) is 0 Å². The van der Waals surface area contributed by atoms with E-state index in [4.69, 9.17) is 27.9 Å². The average molecular weight is 340 g/mol. The van der Waals surface area contributed by atoms with Crippen molar-refractivity contribution in [1.82, 2.24) is 4.72 Å². The van der Waals surface area contributed by atoms with Crippen molar-refractivity contribution in [2.24, 2.45) is 0 Å². The molecular weight excluding hydrogens is 321 g/mol. The van der Waals surface area contributed by atoms with Crippen LogP contribution in [0.15, 0.2) is 18.2 Å². The second kappa shape index (κ2) is 8.20. The Morgan fingerprint density at radius 3 is 2.40 bits per heavy atom. The molecule has 0 aliphatic heterocycles. The van der Waals surface area contributed by atoms with Gasteiger partial charge in [0.2, 0.25) is 10.0 Å². The third kappa shape index (κ3) is 6.41. The van der Waals surface area contributed by atoms with Gasteiger partial charge >= 0.3 is 0 Å². The van der Waals surface area contributed by atoms with Gasteiger partial charge in [0.25, 0.3) is 0 Å². The average Bonchev–Trinajstić information content (AvgIpc) is 2.33. The number of ether oxygens (including phenoxy) is 1. The molecule has 7 heteroatoms. The van der Waals surface area contributed by atoms with Gasteiger partial charge in [0, 0.05) is 28.8 Å². The van der Waals surface area contributed by atoms with Gasteiger partial charge in [-0.05, 0) is 32.4 Å². The summed E-state index contributed by atoms with van der Waals surface area (Å²) in [5.74, 6) is -0.226. The number of hydrogen-bond acceptors (Lipinski definition) is 3. The molecule has 0 radical (unpaired) electrons. The van der Waals surface area contributed by atoms with E-state index < -0.39 is 10.0 Å². The first kappa shape index (κ1) is 17.7. The first-order valence-electron chi connectivity index (χ1n) is 6.33. The van der Waals surface area contributed by atoms with Crippen molar-refractivity contribution in [3.05, 3.63) is 33.8 Å². The largest absolute Gasteiger partial charge is 0.379 e. The fourth-order valence-electron chi connectivity index (χ4n) is 1.53. The topological polar surface area (TPSA) is 55.4 Å². The lowest BCUT2D eigenvalue weighted by Crippen LogP contribution is -2.27. The number of halogens is 2. The van der Waals surface area contributed by atoms with Crippen molar-refractivity contribution in [2.75, 3.05) is 13.2 Å². The summed E-state index contributed by atoms with van der Waals surface area (Å²) in [7, 11) is -3.45. The van der Waals surface area contributed by atoms with E-state index >= 15 is 0 Å². The van der Waals surface area contributed by atoms with Crippen molar-refractivity contribution in [1.29, 1.82) is 0 Å². The fraction of sp³-hybridized carbons (Fsp3) is 0.538. The van der Waals surface area contributed by atoms with Crippen LogP contribution in [0.25, 0.3) is 0 Å². The zero-order valence-corrected chi connectivity index (χ0v) is 13.9. The predicted octanol–water partition coefficient (Wildman–Crippen LogP) is 3.23. The molecule has 0 fully saturated rings. The summed E-state index contributed by atoms with van der Waals surface area (Å²) >= 11 is 11.9.